The lowest BCUT2D eigenvalue weighted by Gasteiger charge is -2.26. The van der Waals surface area contributed by atoms with Crippen LogP contribution in [0.5, 0.6) is 5.75 Å². The average molecular weight is 870 g/mol. The highest BCUT2D eigenvalue weighted by molar-refractivity contribution is 5.97. The molecule has 0 atom stereocenters. The number of nitrogens with zero attached hydrogens (tertiary/aromatic N) is 3. The Morgan fingerprint density at radius 1 is 0.448 bits per heavy atom. The highest BCUT2D eigenvalue weighted by Gasteiger charge is 2.25. The first-order valence-corrected chi connectivity index (χ1v) is 23.2. The Kier molecular flexibility index (Phi) is 11.1. The number of aromatic hydroxyl groups is 1. The third-order valence-corrected chi connectivity index (χ3v) is 13.0. The molecule has 0 bridgehead atoms. The van der Waals surface area contributed by atoms with Gasteiger partial charge in [0, 0.05) is 17.3 Å². The zero-order chi connectivity index (χ0) is 46.5. The predicted octanol–water partition coefficient (Wildman–Crippen LogP) is 16.7. The maximum absolute atomic E-state index is 11.5. The fourth-order valence-electron chi connectivity index (χ4n) is 9.45. The van der Waals surface area contributed by atoms with Gasteiger partial charge in [-0.2, -0.15) is 0 Å². The molecule has 10 rings (SSSR count). The van der Waals surface area contributed by atoms with Crippen LogP contribution in [0.3, 0.4) is 0 Å². The van der Waals surface area contributed by atoms with Gasteiger partial charge in [-0.05, 0) is 139 Å². The maximum Gasteiger partial charge on any atom is 0.149 e. The van der Waals surface area contributed by atoms with Crippen LogP contribution in [-0.2, 0) is 10.8 Å². The van der Waals surface area contributed by atoms with Gasteiger partial charge in [-0.3, -0.25) is 9.55 Å². The summed E-state index contributed by atoms with van der Waals surface area (Å²) in [6.45, 7) is 15.8. The summed E-state index contributed by atoms with van der Waals surface area (Å²) in [5.74, 6) is 0.857. The molecule has 4 nitrogen and oxygen atoms in total. The molecule has 0 aliphatic heterocycles. The van der Waals surface area contributed by atoms with Crippen LogP contribution in [-0.4, -0.2) is 19.6 Å². The molecule has 2 aromatic heterocycles. The van der Waals surface area contributed by atoms with Crippen LogP contribution >= 0.6 is 0 Å². The number of rotatable bonds is 8. The van der Waals surface area contributed by atoms with Crippen molar-refractivity contribution in [1.29, 1.82) is 0 Å². The maximum atomic E-state index is 11.5. The van der Waals surface area contributed by atoms with Crippen molar-refractivity contribution >= 4 is 11.0 Å². The van der Waals surface area contributed by atoms with Crippen molar-refractivity contribution in [2.45, 2.75) is 59.3 Å². The summed E-state index contributed by atoms with van der Waals surface area (Å²) in [5.41, 5.74) is 20.3. The van der Waals surface area contributed by atoms with Gasteiger partial charge in [0.25, 0.3) is 0 Å². The fourth-order valence-corrected chi connectivity index (χ4v) is 9.45. The number of benzene rings is 8. The lowest BCUT2D eigenvalue weighted by molar-refractivity contribution is 0.477. The number of imidazole rings is 1. The van der Waals surface area contributed by atoms with Crippen molar-refractivity contribution in [1.82, 2.24) is 14.5 Å². The Morgan fingerprint density at radius 2 is 1.04 bits per heavy atom. The number of aryl methyl sites for hydroxylation is 1. The van der Waals surface area contributed by atoms with Gasteiger partial charge in [-0.25, -0.2) is 4.98 Å². The summed E-state index contributed by atoms with van der Waals surface area (Å²) in [4.78, 5) is 10.4. The molecule has 10 aromatic rings. The van der Waals surface area contributed by atoms with Crippen molar-refractivity contribution in [3.05, 3.63) is 217 Å². The van der Waals surface area contributed by atoms with E-state index in [1.54, 1.807) is 6.07 Å². The second-order valence-electron chi connectivity index (χ2n) is 19.7. The first-order valence-electron chi connectivity index (χ1n) is 23.2. The Bertz CT molecular complexity index is 3420. The van der Waals surface area contributed by atoms with E-state index in [2.05, 4.69) is 217 Å². The predicted molar refractivity (Wildman–Crippen MR) is 281 cm³/mol. The van der Waals surface area contributed by atoms with Crippen LogP contribution in [0.2, 0.25) is 0 Å². The van der Waals surface area contributed by atoms with E-state index in [1.165, 1.54) is 38.9 Å². The fraction of sp³-hybridized carbons (Fsp3) is 0.143. The molecule has 328 valence electrons. The summed E-state index contributed by atoms with van der Waals surface area (Å²) in [7, 11) is 0. The topological polar surface area (TPSA) is 50.9 Å². The summed E-state index contributed by atoms with van der Waals surface area (Å²) in [5, 5.41) is 11.5. The molecule has 0 aliphatic carbocycles. The standard InChI is InChI=1S/C63H55N3O/c1-41-36-47(59-51(45-20-12-9-13-21-45)23-16-25-54(59)63(5,6)7)32-33-56(41)66-57-26-17-24-52(60(57)65-61(66)53-22-14-15-27-58(53)67)48-37-49(39-50(38-48)62(2,3)4)55-40-46(34-35-64-55)44-30-28-43(29-31-44)42-18-10-8-11-19-42/h8-40,67H,1-7H3. The number of aromatic nitrogens is 3. The number of fused-ring (bicyclic) bond motifs is 1. The minimum atomic E-state index is -0.144. The van der Waals surface area contributed by atoms with E-state index >= 15 is 0 Å². The SMILES string of the molecule is Cc1cc(-c2c(-c3ccccc3)cccc2C(C)(C)C)ccc1-n1c(-c2ccccc2O)nc2c(-c3cc(-c4cc(-c5ccc(-c6ccccc6)cc5)ccn4)cc(C(C)(C)C)c3)cccc21. The first kappa shape index (κ1) is 43.1. The van der Waals surface area contributed by atoms with Gasteiger partial charge in [-0.15, -0.1) is 0 Å². The van der Waals surface area contributed by atoms with Crippen molar-refractivity contribution in [2.75, 3.05) is 0 Å². The third-order valence-electron chi connectivity index (χ3n) is 13.0. The molecule has 0 amide bonds. The summed E-state index contributed by atoms with van der Waals surface area (Å²) in [6, 6.07) is 68.5. The first-order chi connectivity index (χ1) is 32.3. The van der Waals surface area contributed by atoms with Crippen LogP contribution in [0.15, 0.2) is 200 Å². The lowest BCUT2D eigenvalue weighted by Crippen LogP contribution is -2.13. The van der Waals surface area contributed by atoms with E-state index in [-0.39, 0.29) is 16.6 Å². The monoisotopic (exact) mass is 869 g/mol. The van der Waals surface area contributed by atoms with Crippen LogP contribution in [0.1, 0.15) is 58.2 Å². The van der Waals surface area contributed by atoms with Crippen LogP contribution in [0, 0.1) is 6.92 Å². The number of para-hydroxylation sites is 2. The van der Waals surface area contributed by atoms with E-state index in [4.69, 9.17) is 9.97 Å². The van der Waals surface area contributed by atoms with Gasteiger partial charge in [0.05, 0.1) is 28.0 Å². The zero-order valence-electron chi connectivity index (χ0n) is 39.3. The van der Waals surface area contributed by atoms with Crippen LogP contribution in [0.4, 0.5) is 0 Å². The van der Waals surface area contributed by atoms with Crippen molar-refractivity contribution < 1.29 is 5.11 Å². The van der Waals surface area contributed by atoms with E-state index < -0.39 is 0 Å². The quantitative estimate of drug-likeness (QED) is 0.165. The zero-order valence-corrected chi connectivity index (χ0v) is 39.3. The highest BCUT2D eigenvalue weighted by atomic mass is 16.3. The molecule has 2 heterocycles. The van der Waals surface area contributed by atoms with Gasteiger partial charge in [0.1, 0.15) is 11.6 Å². The number of hydrogen-bond donors (Lipinski definition) is 1. The van der Waals surface area contributed by atoms with Gasteiger partial charge >= 0.3 is 0 Å². The van der Waals surface area contributed by atoms with Gasteiger partial charge in [0.2, 0.25) is 0 Å². The van der Waals surface area contributed by atoms with Crippen molar-refractivity contribution in [3.63, 3.8) is 0 Å². The molecule has 0 fully saturated rings. The summed E-state index contributed by atoms with van der Waals surface area (Å²) >= 11 is 0. The van der Waals surface area contributed by atoms with Crippen molar-refractivity contribution in [2.24, 2.45) is 0 Å². The van der Waals surface area contributed by atoms with E-state index in [9.17, 15) is 5.11 Å². The molecule has 0 saturated carbocycles. The van der Waals surface area contributed by atoms with Crippen molar-refractivity contribution in [3.8, 4) is 89.7 Å². The van der Waals surface area contributed by atoms with Gasteiger partial charge in [0.15, 0.2) is 0 Å². The molecule has 1 N–H and O–H groups in total. The number of phenols is 1. The van der Waals surface area contributed by atoms with Gasteiger partial charge < -0.3 is 5.11 Å². The smallest absolute Gasteiger partial charge is 0.149 e. The summed E-state index contributed by atoms with van der Waals surface area (Å²) < 4.78 is 2.23. The van der Waals surface area contributed by atoms with Crippen LogP contribution < -0.4 is 0 Å². The molecule has 0 saturated heterocycles. The normalized spacial score (nSPS) is 11.9. The average Bonchev–Trinajstić information content (AvgIpc) is 3.73. The number of phenolic OH excluding ortho intramolecular Hbond substituents is 1. The minimum Gasteiger partial charge on any atom is -0.507 e. The molecule has 67 heavy (non-hydrogen) atoms. The molecule has 0 spiro atoms. The van der Waals surface area contributed by atoms with E-state index in [0.717, 1.165) is 61.4 Å². The lowest BCUT2D eigenvalue weighted by atomic mass is 9.78. The number of pyridine rings is 1. The molecular weight excluding hydrogens is 815 g/mol. The third kappa shape index (κ3) is 8.36. The molecule has 4 heteroatoms. The minimum absolute atomic E-state index is 0.0836. The molecule has 0 radical (unpaired) electrons. The van der Waals surface area contributed by atoms with Crippen LogP contribution in [0.25, 0.3) is 95.0 Å². The van der Waals surface area contributed by atoms with E-state index in [1.807, 2.05) is 30.5 Å². The Labute approximate surface area is 395 Å². The highest BCUT2D eigenvalue weighted by Crippen LogP contribution is 2.44. The van der Waals surface area contributed by atoms with E-state index in [0.29, 0.717) is 11.4 Å². The Balaban J connectivity index is 1.12. The molecule has 8 aromatic carbocycles. The summed E-state index contributed by atoms with van der Waals surface area (Å²) in [6.07, 6.45) is 1.91. The second-order valence-corrected chi connectivity index (χ2v) is 19.7. The Morgan fingerprint density at radius 3 is 1.73 bits per heavy atom. The molecular formula is C63H55N3O. The largest absolute Gasteiger partial charge is 0.507 e. The molecule has 0 aliphatic rings. The number of hydrogen-bond acceptors (Lipinski definition) is 3. The Hall–Kier alpha value is -7.82. The second kappa shape index (κ2) is 17.2. The van der Waals surface area contributed by atoms with Gasteiger partial charge in [-0.1, -0.05) is 181 Å². The molecule has 0 unspecified atom stereocenters.